The van der Waals surface area contributed by atoms with Gasteiger partial charge in [0.2, 0.25) is 0 Å². The summed E-state index contributed by atoms with van der Waals surface area (Å²) >= 11 is 3.30. The standard InChI is InChI=1S/C14H18BrNO2/c1-14(2)7-6-9(8-14)16-11-5-3-4-10(15)12(11)13(17)18/h3-5,9,16H,6-8H2,1-2H3,(H,17,18). The molecule has 2 N–H and O–H groups in total. The summed E-state index contributed by atoms with van der Waals surface area (Å²) in [6.07, 6.45) is 3.36. The van der Waals surface area contributed by atoms with Gasteiger partial charge in [0, 0.05) is 10.5 Å². The van der Waals surface area contributed by atoms with Crippen molar-refractivity contribution in [2.75, 3.05) is 5.32 Å². The topological polar surface area (TPSA) is 49.3 Å². The van der Waals surface area contributed by atoms with Crippen LogP contribution in [0.15, 0.2) is 22.7 Å². The number of carbonyl (C=O) groups is 1. The zero-order valence-corrected chi connectivity index (χ0v) is 12.3. The number of hydrogen-bond donors (Lipinski definition) is 2. The minimum absolute atomic E-state index is 0.321. The molecule has 1 fully saturated rings. The second-order valence-corrected chi connectivity index (χ2v) is 6.57. The number of rotatable bonds is 3. The molecule has 0 spiro atoms. The Bertz CT molecular complexity index is 471. The number of nitrogens with one attached hydrogen (secondary N) is 1. The van der Waals surface area contributed by atoms with E-state index in [1.807, 2.05) is 12.1 Å². The van der Waals surface area contributed by atoms with Crippen molar-refractivity contribution in [3.05, 3.63) is 28.2 Å². The monoisotopic (exact) mass is 311 g/mol. The highest BCUT2D eigenvalue weighted by atomic mass is 79.9. The molecule has 1 aliphatic rings. The largest absolute Gasteiger partial charge is 0.478 e. The van der Waals surface area contributed by atoms with Crippen LogP contribution >= 0.6 is 15.9 Å². The summed E-state index contributed by atoms with van der Waals surface area (Å²) in [6, 6.07) is 5.82. The van der Waals surface area contributed by atoms with E-state index in [4.69, 9.17) is 0 Å². The van der Waals surface area contributed by atoms with E-state index in [0.29, 0.717) is 27.2 Å². The van der Waals surface area contributed by atoms with Gasteiger partial charge in [-0.2, -0.15) is 0 Å². The number of hydrogen-bond acceptors (Lipinski definition) is 2. The predicted molar refractivity (Wildman–Crippen MR) is 76.1 cm³/mol. The second-order valence-electron chi connectivity index (χ2n) is 5.72. The molecular weight excluding hydrogens is 294 g/mol. The molecule has 1 unspecified atom stereocenters. The zero-order valence-electron chi connectivity index (χ0n) is 10.7. The molecule has 1 saturated carbocycles. The summed E-state index contributed by atoms with van der Waals surface area (Å²) in [6.45, 7) is 4.52. The third-order valence-electron chi connectivity index (χ3n) is 3.56. The van der Waals surface area contributed by atoms with E-state index < -0.39 is 5.97 Å². The Morgan fingerprint density at radius 1 is 1.50 bits per heavy atom. The molecule has 0 amide bonds. The fraction of sp³-hybridized carbons (Fsp3) is 0.500. The quantitative estimate of drug-likeness (QED) is 0.882. The van der Waals surface area contributed by atoms with Gasteiger partial charge in [0.1, 0.15) is 0 Å². The van der Waals surface area contributed by atoms with Crippen LogP contribution in [-0.2, 0) is 0 Å². The summed E-state index contributed by atoms with van der Waals surface area (Å²) in [5.41, 5.74) is 1.38. The number of carboxylic acids is 1. The number of anilines is 1. The molecular formula is C14H18BrNO2. The molecule has 1 atom stereocenters. The van der Waals surface area contributed by atoms with Crippen molar-refractivity contribution in [1.82, 2.24) is 0 Å². The van der Waals surface area contributed by atoms with Crippen molar-refractivity contribution in [2.24, 2.45) is 5.41 Å². The second kappa shape index (κ2) is 4.92. The maximum absolute atomic E-state index is 11.3. The van der Waals surface area contributed by atoms with Crippen LogP contribution in [0.4, 0.5) is 5.69 Å². The first-order valence-electron chi connectivity index (χ1n) is 6.17. The first-order valence-corrected chi connectivity index (χ1v) is 6.97. The van der Waals surface area contributed by atoms with E-state index >= 15 is 0 Å². The molecule has 2 rings (SSSR count). The highest BCUT2D eigenvalue weighted by Gasteiger charge is 2.31. The Hall–Kier alpha value is -1.03. The van der Waals surface area contributed by atoms with Crippen molar-refractivity contribution in [1.29, 1.82) is 0 Å². The number of carboxylic acid groups (broad SMARTS) is 1. The van der Waals surface area contributed by atoms with Crippen molar-refractivity contribution >= 4 is 27.6 Å². The molecule has 18 heavy (non-hydrogen) atoms. The molecule has 1 aromatic carbocycles. The Morgan fingerprint density at radius 3 is 2.78 bits per heavy atom. The van der Waals surface area contributed by atoms with Crippen LogP contribution in [0, 0.1) is 5.41 Å². The molecule has 1 aliphatic carbocycles. The number of halogens is 1. The normalized spacial score (nSPS) is 21.8. The van der Waals surface area contributed by atoms with Gasteiger partial charge in [-0.25, -0.2) is 4.79 Å². The van der Waals surface area contributed by atoms with Crippen molar-refractivity contribution < 1.29 is 9.90 Å². The van der Waals surface area contributed by atoms with Gasteiger partial charge in [-0.15, -0.1) is 0 Å². The molecule has 3 nitrogen and oxygen atoms in total. The Morgan fingerprint density at radius 2 is 2.22 bits per heavy atom. The maximum Gasteiger partial charge on any atom is 0.338 e. The lowest BCUT2D eigenvalue weighted by atomic mass is 9.92. The third kappa shape index (κ3) is 2.86. The van der Waals surface area contributed by atoms with E-state index in [2.05, 4.69) is 35.1 Å². The molecule has 0 bridgehead atoms. The summed E-state index contributed by atoms with van der Waals surface area (Å²) in [5, 5.41) is 12.6. The molecule has 4 heteroatoms. The van der Waals surface area contributed by atoms with E-state index in [1.54, 1.807) is 6.07 Å². The molecule has 98 valence electrons. The van der Waals surface area contributed by atoms with Crippen LogP contribution in [0.25, 0.3) is 0 Å². The van der Waals surface area contributed by atoms with Gasteiger partial charge in [0.15, 0.2) is 0 Å². The summed E-state index contributed by atoms with van der Waals surface area (Å²) < 4.78 is 0.622. The highest BCUT2D eigenvalue weighted by molar-refractivity contribution is 9.10. The molecule has 1 aromatic rings. The van der Waals surface area contributed by atoms with Crippen LogP contribution in [0.2, 0.25) is 0 Å². The predicted octanol–water partition coefficient (Wildman–Crippen LogP) is 4.14. The molecule has 0 aromatic heterocycles. The smallest absolute Gasteiger partial charge is 0.338 e. The third-order valence-corrected chi connectivity index (χ3v) is 4.22. The van der Waals surface area contributed by atoms with Crippen LogP contribution in [-0.4, -0.2) is 17.1 Å². The lowest BCUT2D eigenvalue weighted by Crippen LogP contribution is -2.19. The first kappa shape index (κ1) is 13.4. The van der Waals surface area contributed by atoms with Gasteiger partial charge in [-0.1, -0.05) is 19.9 Å². The van der Waals surface area contributed by atoms with Crippen molar-refractivity contribution in [3.8, 4) is 0 Å². The summed E-state index contributed by atoms with van der Waals surface area (Å²) in [4.78, 5) is 11.3. The summed E-state index contributed by atoms with van der Waals surface area (Å²) in [5.74, 6) is -0.901. The molecule has 0 saturated heterocycles. The van der Waals surface area contributed by atoms with Gasteiger partial charge >= 0.3 is 5.97 Å². The minimum Gasteiger partial charge on any atom is -0.478 e. The number of benzene rings is 1. The Labute approximate surface area is 116 Å². The lowest BCUT2D eigenvalue weighted by Gasteiger charge is -2.19. The van der Waals surface area contributed by atoms with Crippen LogP contribution in [0.5, 0.6) is 0 Å². The number of aromatic carboxylic acids is 1. The average molecular weight is 312 g/mol. The SMILES string of the molecule is CC1(C)CCC(Nc2cccc(Br)c2C(=O)O)C1. The van der Waals surface area contributed by atoms with Gasteiger partial charge in [0.25, 0.3) is 0 Å². The Kier molecular flexibility index (Phi) is 3.66. The van der Waals surface area contributed by atoms with E-state index in [-0.39, 0.29) is 0 Å². The lowest BCUT2D eigenvalue weighted by molar-refractivity contribution is 0.0697. The van der Waals surface area contributed by atoms with Crippen LogP contribution in [0.1, 0.15) is 43.5 Å². The Balaban J connectivity index is 2.20. The maximum atomic E-state index is 11.3. The van der Waals surface area contributed by atoms with E-state index in [0.717, 1.165) is 12.8 Å². The van der Waals surface area contributed by atoms with Gasteiger partial charge in [0.05, 0.1) is 11.3 Å². The van der Waals surface area contributed by atoms with Crippen LogP contribution < -0.4 is 5.32 Å². The average Bonchev–Trinajstić information content (AvgIpc) is 2.57. The minimum atomic E-state index is -0.901. The summed E-state index contributed by atoms with van der Waals surface area (Å²) in [7, 11) is 0. The van der Waals surface area contributed by atoms with Crippen molar-refractivity contribution in [2.45, 2.75) is 39.2 Å². The van der Waals surface area contributed by atoms with Gasteiger partial charge in [-0.3, -0.25) is 0 Å². The molecule has 0 aliphatic heterocycles. The molecule has 0 radical (unpaired) electrons. The van der Waals surface area contributed by atoms with Gasteiger partial charge < -0.3 is 10.4 Å². The fourth-order valence-electron chi connectivity index (χ4n) is 2.64. The van der Waals surface area contributed by atoms with E-state index in [9.17, 15) is 9.90 Å². The first-order chi connectivity index (χ1) is 8.39. The van der Waals surface area contributed by atoms with Crippen LogP contribution in [0.3, 0.4) is 0 Å². The van der Waals surface area contributed by atoms with Crippen molar-refractivity contribution in [3.63, 3.8) is 0 Å². The molecule has 0 heterocycles. The highest BCUT2D eigenvalue weighted by Crippen LogP contribution is 2.39. The van der Waals surface area contributed by atoms with E-state index in [1.165, 1.54) is 6.42 Å². The zero-order chi connectivity index (χ0) is 13.3. The van der Waals surface area contributed by atoms with Gasteiger partial charge in [-0.05, 0) is 52.7 Å². The fourth-order valence-corrected chi connectivity index (χ4v) is 3.18.